The summed E-state index contributed by atoms with van der Waals surface area (Å²) in [7, 11) is 5.33. The van der Waals surface area contributed by atoms with E-state index in [1.807, 2.05) is 43.4 Å². The Hall–Kier alpha value is -3.79. The highest BCUT2D eigenvalue weighted by Crippen LogP contribution is 2.30. The number of likely N-dealkylation sites (tertiary alicyclic amines) is 1. The van der Waals surface area contributed by atoms with Gasteiger partial charge in [-0.15, -0.1) is 0 Å². The first-order valence-corrected chi connectivity index (χ1v) is 16.5. The predicted molar refractivity (Wildman–Crippen MR) is 179 cm³/mol. The molecule has 1 atom stereocenters. The molecule has 2 aromatic carbocycles. The molecule has 45 heavy (non-hydrogen) atoms. The lowest BCUT2D eigenvalue weighted by molar-refractivity contribution is -0.149. The van der Waals surface area contributed by atoms with Gasteiger partial charge < -0.3 is 24.0 Å². The third-order valence-electron chi connectivity index (χ3n) is 7.91. The number of piperidine rings is 1. The molecule has 242 valence electrons. The fourth-order valence-corrected chi connectivity index (χ4v) is 6.04. The second kappa shape index (κ2) is 15.5. The number of methoxy groups -OCH3 is 2. The van der Waals surface area contributed by atoms with Gasteiger partial charge in [0.15, 0.2) is 16.7 Å². The Morgan fingerprint density at radius 3 is 2.51 bits per heavy atom. The summed E-state index contributed by atoms with van der Waals surface area (Å²) in [6.45, 7) is 10.4. The first-order chi connectivity index (χ1) is 21.5. The number of hydrogen-bond donors (Lipinski definition) is 0. The average Bonchev–Trinajstić information content (AvgIpc) is 3.05. The molecule has 1 aliphatic rings. The molecule has 9 nitrogen and oxygen atoms in total. The minimum atomic E-state index is -0.264. The van der Waals surface area contributed by atoms with Crippen molar-refractivity contribution in [1.29, 1.82) is 0 Å². The van der Waals surface area contributed by atoms with Crippen LogP contribution >= 0.6 is 11.8 Å². The largest absolute Gasteiger partial charge is 0.493 e. The quantitative estimate of drug-likeness (QED) is 0.132. The summed E-state index contributed by atoms with van der Waals surface area (Å²) in [6, 6.07) is 15.8. The van der Waals surface area contributed by atoms with E-state index in [4.69, 9.17) is 24.2 Å². The van der Waals surface area contributed by atoms with Crippen molar-refractivity contribution in [2.75, 3.05) is 52.4 Å². The molecule has 1 aromatic heterocycles. The molecule has 0 saturated carbocycles. The standard InChI is InChI=1S/C35H46N4O5S/c1-8-44-33(41)27-13-10-17-39(22-27)32(40)26-12-9-11-25(19-26)23-45-34-36-30(35(2,3)4)21-31(37-34)38(5)18-16-24-14-15-28(42-6)29(20-24)43-7/h9,11-12,14-15,19-21,27H,8,10,13,16-18,22-23H2,1-7H3. The van der Waals surface area contributed by atoms with Crippen molar-refractivity contribution in [1.82, 2.24) is 14.9 Å². The molecule has 1 saturated heterocycles. The molecule has 1 unspecified atom stereocenters. The van der Waals surface area contributed by atoms with E-state index >= 15 is 0 Å². The van der Waals surface area contributed by atoms with Crippen LogP contribution in [0.3, 0.4) is 0 Å². The summed E-state index contributed by atoms with van der Waals surface area (Å²) in [5.74, 6) is 2.38. The number of thioether (sulfide) groups is 1. The monoisotopic (exact) mass is 634 g/mol. The van der Waals surface area contributed by atoms with E-state index in [1.54, 1.807) is 37.8 Å². The number of esters is 1. The molecule has 1 aliphatic heterocycles. The Balaban J connectivity index is 1.45. The predicted octanol–water partition coefficient (Wildman–Crippen LogP) is 6.18. The zero-order valence-corrected chi connectivity index (χ0v) is 28.4. The Labute approximate surface area is 271 Å². The molecule has 2 heterocycles. The highest BCUT2D eigenvalue weighted by Gasteiger charge is 2.30. The maximum absolute atomic E-state index is 13.4. The highest BCUT2D eigenvalue weighted by atomic mass is 32.2. The maximum Gasteiger partial charge on any atom is 0.310 e. The fourth-order valence-electron chi connectivity index (χ4n) is 5.24. The van der Waals surface area contributed by atoms with E-state index < -0.39 is 0 Å². The Morgan fingerprint density at radius 1 is 1.02 bits per heavy atom. The van der Waals surface area contributed by atoms with Crippen LogP contribution in [0.2, 0.25) is 0 Å². The molecule has 0 aliphatic carbocycles. The van der Waals surface area contributed by atoms with Gasteiger partial charge in [-0.25, -0.2) is 9.97 Å². The van der Waals surface area contributed by atoms with Crippen LogP contribution in [0.15, 0.2) is 53.7 Å². The summed E-state index contributed by atoms with van der Waals surface area (Å²) in [5.41, 5.74) is 3.60. The van der Waals surface area contributed by atoms with Gasteiger partial charge in [0.25, 0.3) is 5.91 Å². The topological polar surface area (TPSA) is 94.1 Å². The van der Waals surface area contributed by atoms with Crippen LogP contribution in [0.25, 0.3) is 0 Å². The lowest BCUT2D eigenvalue weighted by Gasteiger charge is -2.31. The molecule has 1 fully saturated rings. The van der Waals surface area contributed by atoms with Crippen molar-refractivity contribution in [3.8, 4) is 11.5 Å². The van der Waals surface area contributed by atoms with Crippen molar-refractivity contribution in [2.24, 2.45) is 5.92 Å². The highest BCUT2D eigenvalue weighted by molar-refractivity contribution is 7.98. The minimum absolute atomic E-state index is 0.0554. The van der Waals surface area contributed by atoms with Gasteiger partial charge >= 0.3 is 5.97 Å². The van der Waals surface area contributed by atoms with Crippen LogP contribution in [0.1, 0.15) is 67.7 Å². The van der Waals surface area contributed by atoms with Crippen molar-refractivity contribution in [2.45, 2.75) is 63.3 Å². The van der Waals surface area contributed by atoms with Gasteiger partial charge in [0.05, 0.1) is 32.4 Å². The number of nitrogens with zero attached hydrogens (tertiary/aromatic N) is 4. The number of hydrogen-bond acceptors (Lipinski definition) is 9. The number of benzene rings is 2. The molecule has 0 N–H and O–H groups in total. The molecule has 1 amide bonds. The van der Waals surface area contributed by atoms with E-state index in [2.05, 4.69) is 37.8 Å². The molecule has 4 rings (SSSR count). The van der Waals surface area contributed by atoms with Gasteiger partial charge in [-0.1, -0.05) is 50.7 Å². The average molecular weight is 635 g/mol. The van der Waals surface area contributed by atoms with E-state index in [9.17, 15) is 9.59 Å². The number of carbonyl (C=O) groups is 2. The molecule has 0 radical (unpaired) electrons. The normalized spacial score (nSPS) is 15.0. The van der Waals surface area contributed by atoms with Gasteiger partial charge in [0.2, 0.25) is 0 Å². The van der Waals surface area contributed by atoms with Crippen molar-refractivity contribution in [3.05, 3.63) is 70.9 Å². The van der Waals surface area contributed by atoms with E-state index in [-0.39, 0.29) is 23.2 Å². The maximum atomic E-state index is 13.4. The number of likely N-dealkylation sites (N-methyl/N-ethyl adjacent to an activating group) is 1. The third kappa shape index (κ3) is 9.12. The van der Waals surface area contributed by atoms with Gasteiger partial charge in [-0.05, 0) is 61.6 Å². The Morgan fingerprint density at radius 2 is 1.80 bits per heavy atom. The number of carbonyl (C=O) groups excluding carboxylic acids is 2. The lowest BCUT2D eigenvalue weighted by Crippen LogP contribution is -2.42. The zero-order valence-electron chi connectivity index (χ0n) is 27.6. The fraction of sp³-hybridized carbons (Fsp3) is 0.486. The number of ether oxygens (including phenoxy) is 3. The summed E-state index contributed by atoms with van der Waals surface area (Å²) >= 11 is 1.56. The zero-order chi connectivity index (χ0) is 32.6. The number of aromatic nitrogens is 2. The van der Waals surface area contributed by atoms with Gasteiger partial charge in [-0.2, -0.15) is 0 Å². The SMILES string of the molecule is CCOC(=O)C1CCCN(C(=O)c2cccc(CSc3nc(N(C)CCc4ccc(OC)c(OC)c4)cc(C(C)(C)C)n3)c2)C1. The molecular formula is C35H46N4O5S. The lowest BCUT2D eigenvalue weighted by atomic mass is 9.92. The molecule has 3 aromatic rings. The van der Waals surface area contributed by atoms with Gasteiger partial charge in [-0.3, -0.25) is 9.59 Å². The third-order valence-corrected chi connectivity index (χ3v) is 8.82. The molecular weight excluding hydrogens is 588 g/mol. The van der Waals surface area contributed by atoms with Crippen LogP contribution in [-0.4, -0.2) is 74.3 Å². The number of rotatable bonds is 12. The number of amides is 1. The van der Waals surface area contributed by atoms with Gasteiger partial charge in [0, 0.05) is 49.5 Å². The van der Waals surface area contributed by atoms with E-state index in [0.29, 0.717) is 41.9 Å². The van der Waals surface area contributed by atoms with Crippen molar-refractivity contribution >= 4 is 29.5 Å². The van der Waals surface area contributed by atoms with Crippen molar-refractivity contribution < 1.29 is 23.8 Å². The van der Waals surface area contributed by atoms with Crippen LogP contribution in [0.4, 0.5) is 5.82 Å². The molecule has 10 heteroatoms. The van der Waals surface area contributed by atoms with Crippen LogP contribution in [0.5, 0.6) is 11.5 Å². The summed E-state index contributed by atoms with van der Waals surface area (Å²) in [5, 5.41) is 0.695. The first-order valence-electron chi connectivity index (χ1n) is 15.5. The second-order valence-electron chi connectivity index (χ2n) is 12.3. The summed E-state index contributed by atoms with van der Waals surface area (Å²) < 4.78 is 16.1. The Kier molecular flexibility index (Phi) is 11.7. The van der Waals surface area contributed by atoms with Crippen LogP contribution < -0.4 is 14.4 Å². The molecule has 0 spiro atoms. The van der Waals surface area contributed by atoms with Crippen molar-refractivity contribution in [3.63, 3.8) is 0 Å². The Bertz CT molecular complexity index is 1470. The van der Waals surface area contributed by atoms with Crippen LogP contribution in [0, 0.1) is 5.92 Å². The molecule has 0 bridgehead atoms. The van der Waals surface area contributed by atoms with Crippen LogP contribution in [-0.2, 0) is 27.1 Å². The summed E-state index contributed by atoms with van der Waals surface area (Å²) in [6.07, 6.45) is 2.35. The minimum Gasteiger partial charge on any atom is -0.493 e. The van der Waals surface area contributed by atoms with E-state index in [1.165, 1.54) is 0 Å². The number of anilines is 1. The smallest absolute Gasteiger partial charge is 0.310 e. The summed E-state index contributed by atoms with van der Waals surface area (Å²) in [4.78, 5) is 39.4. The van der Waals surface area contributed by atoms with E-state index in [0.717, 1.165) is 54.2 Å². The second-order valence-corrected chi connectivity index (χ2v) is 13.3. The van der Waals surface area contributed by atoms with Gasteiger partial charge in [0.1, 0.15) is 5.82 Å². The first kappa shape index (κ1) is 34.1.